The summed E-state index contributed by atoms with van der Waals surface area (Å²) in [5, 5.41) is 14.4. The summed E-state index contributed by atoms with van der Waals surface area (Å²) in [6, 6.07) is 6.36. The first-order valence-electron chi connectivity index (χ1n) is 7.45. The number of nitrogens with zero attached hydrogens (tertiary/aromatic N) is 1. The molecule has 1 heterocycles. The smallest absolute Gasteiger partial charge is 0.270 e. The topological polar surface area (TPSA) is 62.2 Å². The van der Waals surface area contributed by atoms with Crippen molar-refractivity contribution in [1.29, 1.82) is 0 Å². The lowest BCUT2D eigenvalue weighted by molar-refractivity contribution is 0.0898. The van der Waals surface area contributed by atoms with Gasteiger partial charge in [-0.15, -0.1) is 11.3 Å². The zero-order chi connectivity index (χ0) is 17.0. The summed E-state index contributed by atoms with van der Waals surface area (Å²) >= 11 is 1.24. The van der Waals surface area contributed by atoms with E-state index in [2.05, 4.69) is 10.3 Å². The predicted octanol–water partition coefficient (Wildman–Crippen LogP) is 3.48. The Morgan fingerprint density at radius 3 is 2.78 bits per heavy atom. The van der Waals surface area contributed by atoms with Gasteiger partial charge in [0.25, 0.3) is 5.91 Å². The van der Waals surface area contributed by atoms with E-state index in [1.807, 2.05) is 13.8 Å². The van der Waals surface area contributed by atoms with E-state index >= 15 is 0 Å². The molecule has 4 nitrogen and oxygen atoms in total. The second kappa shape index (κ2) is 7.19. The van der Waals surface area contributed by atoms with Gasteiger partial charge in [0.2, 0.25) is 0 Å². The Morgan fingerprint density at radius 2 is 2.13 bits per heavy atom. The van der Waals surface area contributed by atoms with Crippen LogP contribution in [0.25, 0.3) is 10.6 Å². The van der Waals surface area contributed by atoms with Crippen LogP contribution in [0.3, 0.4) is 0 Å². The molecule has 1 unspecified atom stereocenters. The molecule has 1 aromatic carbocycles. The number of halogens is 1. The monoisotopic (exact) mass is 336 g/mol. The van der Waals surface area contributed by atoms with Crippen molar-refractivity contribution in [2.75, 3.05) is 6.54 Å². The molecule has 0 aliphatic heterocycles. The Labute approximate surface area is 139 Å². The molecule has 2 aromatic rings. The number of aliphatic hydroxyl groups excluding tert-OH is 1. The van der Waals surface area contributed by atoms with Crippen LogP contribution in [0.1, 0.15) is 37.7 Å². The van der Waals surface area contributed by atoms with Gasteiger partial charge in [0, 0.05) is 17.5 Å². The maximum atomic E-state index is 13.8. The van der Waals surface area contributed by atoms with Crippen molar-refractivity contribution < 1.29 is 14.3 Å². The van der Waals surface area contributed by atoms with Crippen LogP contribution in [0.4, 0.5) is 4.39 Å². The van der Waals surface area contributed by atoms with E-state index in [1.165, 1.54) is 17.4 Å². The van der Waals surface area contributed by atoms with Gasteiger partial charge in [0.15, 0.2) is 0 Å². The van der Waals surface area contributed by atoms with Crippen LogP contribution in [0.2, 0.25) is 0 Å². The van der Waals surface area contributed by atoms with E-state index < -0.39 is 6.10 Å². The summed E-state index contributed by atoms with van der Waals surface area (Å²) in [5.74, 6) is -0.644. The Bertz CT molecular complexity index is 683. The summed E-state index contributed by atoms with van der Waals surface area (Å²) in [6.07, 6.45) is 0.166. The van der Waals surface area contributed by atoms with Gasteiger partial charge in [-0.05, 0) is 30.9 Å². The third kappa shape index (κ3) is 4.84. The molecule has 1 aromatic heterocycles. The number of amides is 1. The number of hydrogen-bond acceptors (Lipinski definition) is 4. The van der Waals surface area contributed by atoms with Crippen molar-refractivity contribution in [1.82, 2.24) is 10.3 Å². The van der Waals surface area contributed by atoms with Crippen LogP contribution in [-0.2, 0) is 0 Å². The average molecular weight is 336 g/mol. The van der Waals surface area contributed by atoms with Gasteiger partial charge >= 0.3 is 0 Å². The maximum absolute atomic E-state index is 13.8. The summed E-state index contributed by atoms with van der Waals surface area (Å²) in [5.41, 5.74) is 0.459. The van der Waals surface area contributed by atoms with Gasteiger partial charge in [-0.2, -0.15) is 0 Å². The number of aliphatic hydroxyl groups is 1. The number of nitrogens with one attached hydrogen (secondary N) is 1. The predicted molar refractivity (Wildman–Crippen MR) is 89.9 cm³/mol. The van der Waals surface area contributed by atoms with Gasteiger partial charge in [-0.1, -0.05) is 26.0 Å². The molecule has 2 rings (SSSR count). The first kappa shape index (κ1) is 17.6. The van der Waals surface area contributed by atoms with E-state index in [4.69, 9.17) is 0 Å². The number of rotatable bonds is 6. The van der Waals surface area contributed by atoms with Crippen molar-refractivity contribution in [3.05, 3.63) is 41.2 Å². The summed E-state index contributed by atoms with van der Waals surface area (Å²) < 4.78 is 13.8. The lowest BCUT2D eigenvalue weighted by Gasteiger charge is -2.26. The summed E-state index contributed by atoms with van der Waals surface area (Å²) in [6.45, 7) is 6.12. The minimum Gasteiger partial charge on any atom is -0.393 e. The second-order valence-electron chi connectivity index (χ2n) is 6.42. The van der Waals surface area contributed by atoms with E-state index in [9.17, 15) is 14.3 Å². The largest absolute Gasteiger partial charge is 0.393 e. The molecule has 23 heavy (non-hydrogen) atoms. The minimum absolute atomic E-state index is 0.214. The molecule has 0 saturated heterocycles. The molecule has 0 spiro atoms. The van der Waals surface area contributed by atoms with Crippen molar-refractivity contribution in [3.8, 4) is 10.6 Å². The standard InChI is InChI=1S/C17H21FN2O2S/c1-11(21)8-17(2,3)10-19-15(22)14-9-23-16(20-14)12-6-4-5-7-13(12)18/h4-7,9,11,21H,8,10H2,1-3H3,(H,19,22). The van der Waals surface area contributed by atoms with Crippen LogP contribution < -0.4 is 5.32 Å². The highest BCUT2D eigenvalue weighted by atomic mass is 32.1. The Hall–Kier alpha value is -1.79. The van der Waals surface area contributed by atoms with E-state index in [0.717, 1.165) is 0 Å². The van der Waals surface area contributed by atoms with Crippen molar-refractivity contribution >= 4 is 17.2 Å². The highest BCUT2D eigenvalue weighted by Gasteiger charge is 2.22. The first-order chi connectivity index (χ1) is 10.8. The summed E-state index contributed by atoms with van der Waals surface area (Å²) in [4.78, 5) is 16.4. The highest BCUT2D eigenvalue weighted by molar-refractivity contribution is 7.13. The fraction of sp³-hybridized carbons (Fsp3) is 0.412. The average Bonchev–Trinajstić information content (AvgIpc) is 2.93. The minimum atomic E-state index is -0.422. The third-order valence-corrected chi connectivity index (χ3v) is 4.29. The van der Waals surface area contributed by atoms with Gasteiger partial charge in [-0.3, -0.25) is 4.79 Å². The van der Waals surface area contributed by atoms with Crippen LogP contribution in [-0.4, -0.2) is 28.6 Å². The SMILES string of the molecule is CC(O)CC(C)(C)CNC(=O)c1csc(-c2ccccc2F)n1. The van der Waals surface area contributed by atoms with Crippen molar-refractivity contribution in [2.24, 2.45) is 5.41 Å². The molecule has 0 radical (unpaired) electrons. The molecular formula is C17H21FN2O2S. The molecule has 0 saturated carbocycles. The zero-order valence-electron chi connectivity index (χ0n) is 13.5. The Morgan fingerprint density at radius 1 is 1.43 bits per heavy atom. The number of aromatic nitrogens is 1. The molecule has 0 bridgehead atoms. The molecule has 6 heteroatoms. The molecule has 1 amide bonds. The lowest BCUT2D eigenvalue weighted by atomic mass is 9.87. The van der Waals surface area contributed by atoms with Gasteiger partial charge in [0.05, 0.1) is 6.10 Å². The van der Waals surface area contributed by atoms with Gasteiger partial charge in [0.1, 0.15) is 16.5 Å². The van der Waals surface area contributed by atoms with Gasteiger partial charge in [-0.25, -0.2) is 9.37 Å². The first-order valence-corrected chi connectivity index (χ1v) is 8.33. The number of thiazole rings is 1. The van der Waals surface area contributed by atoms with E-state index in [-0.39, 0.29) is 22.8 Å². The van der Waals surface area contributed by atoms with E-state index in [0.29, 0.717) is 23.5 Å². The van der Waals surface area contributed by atoms with Crippen LogP contribution >= 0.6 is 11.3 Å². The molecule has 0 aliphatic carbocycles. The van der Waals surface area contributed by atoms with Gasteiger partial charge < -0.3 is 10.4 Å². The normalized spacial score (nSPS) is 12.9. The molecule has 124 valence electrons. The maximum Gasteiger partial charge on any atom is 0.270 e. The third-order valence-electron chi connectivity index (χ3n) is 3.42. The number of carbonyl (C=O) groups is 1. The van der Waals surface area contributed by atoms with Crippen LogP contribution in [0.5, 0.6) is 0 Å². The van der Waals surface area contributed by atoms with Crippen molar-refractivity contribution in [3.63, 3.8) is 0 Å². The molecule has 0 fully saturated rings. The number of carbonyl (C=O) groups excluding carboxylic acids is 1. The zero-order valence-corrected chi connectivity index (χ0v) is 14.3. The molecular weight excluding hydrogens is 315 g/mol. The molecule has 1 atom stereocenters. The van der Waals surface area contributed by atoms with Crippen LogP contribution in [0, 0.1) is 11.2 Å². The molecule has 2 N–H and O–H groups in total. The highest BCUT2D eigenvalue weighted by Crippen LogP contribution is 2.26. The fourth-order valence-corrected chi connectivity index (χ4v) is 3.24. The summed E-state index contributed by atoms with van der Waals surface area (Å²) in [7, 11) is 0. The second-order valence-corrected chi connectivity index (χ2v) is 7.28. The fourth-order valence-electron chi connectivity index (χ4n) is 2.42. The van der Waals surface area contributed by atoms with Crippen LogP contribution in [0.15, 0.2) is 29.6 Å². The lowest BCUT2D eigenvalue weighted by Crippen LogP contribution is -2.35. The number of hydrogen-bond donors (Lipinski definition) is 2. The Balaban J connectivity index is 2.03. The van der Waals surface area contributed by atoms with Crippen molar-refractivity contribution in [2.45, 2.75) is 33.3 Å². The Kier molecular flexibility index (Phi) is 5.49. The van der Waals surface area contributed by atoms with E-state index in [1.54, 1.807) is 30.5 Å². The number of benzene rings is 1. The molecule has 0 aliphatic rings. The quantitative estimate of drug-likeness (QED) is 0.849.